The molecule has 0 saturated carbocycles. The molecular formula is C48H94O3. The number of hydrogen-bond donors (Lipinski definition) is 1. The van der Waals surface area contributed by atoms with Crippen LogP contribution in [0.2, 0.25) is 0 Å². The van der Waals surface area contributed by atoms with Crippen molar-refractivity contribution in [1.82, 2.24) is 0 Å². The predicted octanol–water partition coefficient (Wildman–Crippen LogP) is 16.5. The van der Waals surface area contributed by atoms with Crippen LogP contribution in [-0.2, 0) is 9.53 Å². The maximum atomic E-state index is 12.0. The summed E-state index contributed by atoms with van der Waals surface area (Å²) in [6, 6.07) is 0. The number of allylic oxidation sites excluding steroid dienone is 2. The summed E-state index contributed by atoms with van der Waals surface area (Å²) < 4.78 is 5.47. The summed E-state index contributed by atoms with van der Waals surface area (Å²) >= 11 is 0. The quantitative estimate of drug-likeness (QED) is 0.0387. The summed E-state index contributed by atoms with van der Waals surface area (Å²) in [7, 11) is 0. The van der Waals surface area contributed by atoms with Crippen molar-refractivity contribution in [2.24, 2.45) is 0 Å². The van der Waals surface area contributed by atoms with Gasteiger partial charge in [-0.3, -0.25) is 4.79 Å². The minimum atomic E-state index is 0.0175. The van der Waals surface area contributed by atoms with Crippen molar-refractivity contribution >= 4 is 5.97 Å². The SMILES string of the molecule is CCCCCCCC/C=C\CCCCCCCC(=O)OCCCCCCCCCCCCCCCCCCCCCCCCCCCCCCO. The van der Waals surface area contributed by atoms with Crippen molar-refractivity contribution in [1.29, 1.82) is 0 Å². The number of ether oxygens (including phenoxy) is 1. The number of rotatable bonds is 45. The van der Waals surface area contributed by atoms with Gasteiger partial charge in [0.1, 0.15) is 0 Å². The zero-order valence-electron chi connectivity index (χ0n) is 35.0. The summed E-state index contributed by atoms with van der Waals surface area (Å²) in [5.74, 6) is 0.0175. The predicted molar refractivity (Wildman–Crippen MR) is 227 cm³/mol. The molecule has 0 heterocycles. The monoisotopic (exact) mass is 719 g/mol. The molecule has 0 rings (SSSR count). The summed E-state index contributed by atoms with van der Waals surface area (Å²) in [6.45, 7) is 3.27. The maximum absolute atomic E-state index is 12.0. The molecule has 0 radical (unpaired) electrons. The van der Waals surface area contributed by atoms with Gasteiger partial charge < -0.3 is 9.84 Å². The molecule has 0 aliphatic carbocycles. The summed E-state index contributed by atoms with van der Waals surface area (Å²) in [5.41, 5.74) is 0. The van der Waals surface area contributed by atoms with Gasteiger partial charge in [0.05, 0.1) is 6.61 Å². The van der Waals surface area contributed by atoms with E-state index in [1.807, 2.05) is 0 Å². The van der Waals surface area contributed by atoms with Gasteiger partial charge in [0.15, 0.2) is 0 Å². The van der Waals surface area contributed by atoms with Crippen LogP contribution >= 0.6 is 0 Å². The largest absolute Gasteiger partial charge is 0.466 e. The van der Waals surface area contributed by atoms with E-state index in [1.165, 1.54) is 238 Å². The molecule has 51 heavy (non-hydrogen) atoms. The molecule has 3 heteroatoms. The van der Waals surface area contributed by atoms with Gasteiger partial charge >= 0.3 is 5.97 Å². The van der Waals surface area contributed by atoms with E-state index in [0.717, 1.165) is 25.7 Å². The minimum Gasteiger partial charge on any atom is -0.466 e. The van der Waals surface area contributed by atoms with Gasteiger partial charge in [-0.1, -0.05) is 237 Å². The van der Waals surface area contributed by atoms with E-state index in [-0.39, 0.29) is 5.97 Å². The van der Waals surface area contributed by atoms with Crippen LogP contribution in [0.25, 0.3) is 0 Å². The Labute approximate surface area is 321 Å². The molecule has 3 nitrogen and oxygen atoms in total. The van der Waals surface area contributed by atoms with Crippen LogP contribution in [0.1, 0.15) is 277 Å². The zero-order valence-corrected chi connectivity index (χ0v) is 35.0. The Morgan fingerprint density at radius 3 is 0.980 bits per heavy atom. The third kappa shape index (κ3) is 47.1. The molecule has 0 amide bonds. The van der Waals surface area contributed by atoms with Gasteiger partial charge in [-0.15, -0.1) is 0 Å². The molecule has 0 atom stereocenters. The van der Waals surface area contributed by atoms with Crippen molar-refractivity contribution in [3.63, 3.8) is 0 Å². The van der Waals surface area contributed by atoms with Crippen molar-refractivity contribution in [2.45, 2.75) is 277 Å². The molecular weight excluding hydrogens is 625 g/mol. The summed E-state index contributed by atoms with van der Waals surface area (Å²) in [6.07, 6.45) is 60.6. The Morgan fingerprint density at radius 2 is 0.647 bits per heavy atom. The van der Waals surface area contributed by atoms with Gasteiger partial charge in [-0.25, -0.2) is 0 Å². The van der Waals surface area contributed by atoms with Gasteiger partial charge in [-0.2, -0.15) is 0 Å². The highest BCUT2D eigenvalue weighted by Gasteiger charge is 2.03. The van der Waals surface area contributed by atoms with E-state index >= 15 is 0 Å². The second kappa shape index (κ2) is 47.2. The topological polar surface area (TPSA) is 46.5 Å². The Balaban J connectivity index is 3.15. The van der Waals surface area contributed by atoms with Crippen LogP contribution in [0.4, 0.5) is 0 Å². The highest BCUT2D eigenvalue weighted by Crippen LogP contribution is 2.17. The zero-order chi connectivity index (χ0) is 36.8. The third-order valence-electron chi connectivity index (χ3n) is 11.0. The van der Waals surface area contributed by atoms with E-state index in [1.54, 1.807) is 0 Å². The highest BCUT2D eigenvalue weighted by atomic mass is 16.5. The normalized spacial score (nSPS) is 11.6. The van der Waals surface area contributed by atoms with Crippen LogP contribution < -0.4 is 0 Å². The average molecular weight is 719 g/mol. The van der Waals surface area contributed by atoms with Gasteiger partial charge in [0.25, 0.3) is 0 Å². The van der Waals surface area contributed by atoms with Gasteiger partial charge in [-0.05, 0) is 44.9 Å². The lowest BCUT2D eigenvalue weighted by Crippen LogP contribution is -2.05. The molecule has 0 aliphatic heterocycles. The first-order valence-corrected chi connectivity index (χ1v) is 23.7. The average Bonchev–Trinajstić information content (AvgIpc) is 3.14. The third-order valence-corrected chi connectivity index (χ3v) is 11.0. The summed E-state index contributed by atoms with van der Waals surface area (Å²) in [5, 5.41) is 8.81. The Bertz CT molecular complexity index is 659. The molecule has 0 aromatic rings. The van der Waals surface area contributed by atoms with Gasteiger partial charge in [0.2, 0.25) is 0 Å². The molecule has 304 valence electrons. The van der Waals surface area contributed by atoms with E-state index < -0.39 is 0 Å². The van der Waals surface area contributed by atoms with Crippen LogP contribution in [0.15, 0.2) is 12.2 Å². The smallest absolute Gasteiger partial charge is 0.305 e. The molecule has 0 unspecified atom stereocenters. The van der Waals surface area contributed by atoms with Crippen LogP contribution in [0, 0.1) is 0 Å². The fraction of sp³-hybridized carbons (Fsp3) is 0.938. The first-order valence-electron chi connectivity index (χ1n) is 23.7. The molecule has 0 bridgehead atoms. The van der Waals surface area contributed by atoms with Crippen molar-refractivity contribution in [2.75, 3.05) is 13.2 Å². The van der Waals surface area contributed by atoms with Crippen molar-refractivity contribution in [3.05, 3.63) is 12.2 Å². The number of carbonyl (C=O) groups excluding carboxylic acids is 1. The van der Waals surface area contributed by atoms with E-state index in [4.69, 9.17) is 9.84 Å². The van der Waals surface area contributed by atoms with E-state index in [2.05, 4.69) is 19.1 Å². The van der Waals surface area contributed by atoms with E-state index in [9.17, 15) is 4.79 Å². The van der Waals surface area contributed by atoms with E-state index in [0.29, 0.717) is 19.6 Å². The minimum absolute atomic E-state index is 0.0175. The lowest BCUT2D eigenvalue weighted by molar-refractivity contribution is -0.143. The lowest BCUT2D eigenvalue weighted by atomic mass is 10.0. The fourth-order valence-electron chi connectivity index (χ4n) is 7.41. The standard InChI is InChI=1S/C48H94O3/c1-2-3-4-5-6-7-8-9-24-27-30-33-36-39-42-45-48(50)51-47-44-41-38-35-32-29-26-23-21-19-17-15-13-11-10-12-14-16-18-20-22-25-28-31-34-37-40-43-46-49/h9,24,49H,2-8,10-23,25-47H2,1H3/b24-9-. The number of unbranched alkanes of at least 4 members (excludes halogenated alkanes) is 38. The Hall–Kier alpha value is -0.830. The number of carbonyl (C=O) groups is 1. The number of esters is 1. The molecule has 0 aromatic heterocycles. The van der Waals surface area contributed by atoms with Gasteiger partial charge in [0, 0.05) is 13.0 Å². The molecule has 0 saturated heterocycles. The molecule has 0 fully saturated rings. The molecule has 0 aromatic carbocycles. The molecule has 1 N–H and O–H groups in total. The van der Waals surface area contributed by atoms with Crippen molar-refractivity contribution in [3.8, 4) is 0 Å². The Morgan fingerprint density at radius 1 is 0.373 bits per heavy atom. The first kappa shape index (κ1) is 50.2. The molecule has 0 spiro atoms. The fourth-order valence-corrected chi connectivity index (χ4v) is 7.41. The first-order chi connectivity index (χ1) is 25.3. The molecule has 0 aliphatic rings. The second-order valence-electron chi connectivity index (χ2n) is 16.2. The number of aliphatic hydroxyl groups excluding tert-OH is 1. The van der Waals surface area contributed by atoms with Crippen LogP contribution in [-0.4, -0.2) is 24.3 Å². The summed E-state index contributed by atoms with van der Waals surface area (Å²) in [4.78, 5) is 12.0. The van der Waals surface area contributed by atoms with Crippen LogP contribution in [0.5, 0.6) is 0 Å². The number of hydrogen-bond acceptors (Lipinski definition) is 3. The highest BCUT2D eigenvalue weighted by molar-refractivity contribution is 5.69. The maximum Gasteiger partial charge on any atom is 0.305 e. The number of aliphatic hydroxyl groups is 1. The Kier molecular flexibility index (Phi) is 46.4. The van der Waals surface area contributed by atoms with Crippen molar-refractivity contribution < 1.29 is 14.6 Å². The second-order valence-corrected chi connectivity index (χ2v) is 16.2. The van der Waals surface area contributed by atoms with Crippen LogP contribution in [0.3, 0.4) is 0 Å². The lowest BCUT2D eigenvalue weighted by Gasteiger charge is -2.06.